The second kappa shape index (κ2) is 8.01. The number of carbonyl (C=O) groups excluding carboxylic acids is 1. The minimum atomic E-state index is -0.0637. The van der Waals surface area contributed by atoms with E-state index in [9.17, 15) is 4.79 Å². The third-order valence-corrected chi connectivity index (χ3v) is 4.29. The molecule has 1 aliphatic heterocycles. The summed E-state index contributed by atoms with van der Waals surface area (Å²) >= 11 is 0. The lowest BCUT2D eigenvalue weighted by molar-refractivity contribution is -0.137. The summed E-state index contributed by atoms with van der Waals surface area (Å²) in [5.74, 6) is 1.33. The van der Waals surface area contributed by atoms with Crippen LogP contribution in [-0.4, -0.2) is 53.9 Å². The molecule has 3 aromatic rings. The van der Waals surface area contributed by atoms with E-state index in [-0.39, 0.29) is 12.5 Å². The first-order valence-corrected chi connectivity index (χ1v) is 8.78. The zero-order chi connectivity index (χ0) is 18.5. The van der Waals surface area contributed by atoms with E-state index in [0.717, 1.165) is 5.56 Å². The van der Waals surface area contributed by atoms with Crippen LogP contribution in [0, 0.1) is 0 Å². The second-order valence-electron chi connectivity index (χ2n) is 6.07. The number of morpholine rings is 1. The van der Waals surface area contributed by atoms with Gasteiger partial charge in [-0.15, -0.1) is 0 Å². The smallest absolute Gasteiger partial charge is 0.260 e. The fraction of sp³-hybridized carbons (Fsp3) is 0.250. The first-order chi connectivity index (χ1) is 13.3. The second-order valence-corrected chi connectivity index (χ2v) is 6.07. The molecule has 27 heavy (non-hydrogen) atoms. The highest BCUT2D eigenvalue weighted by Crippen LogP contribution is 2.29. The number of amides is 1. The van der Waals surface area contributed by atoms with Gasteiger partial charge < -0.3 is 18.9 Å². The molecule has 0 atom stereocenters. The molecule has 0 saturated carbocycles. The SMILES string of the molecule is O=C(COc1ccccc1-c1noc(-c2ccccc2)n1)N1CCOCC1. The Kier molecular flexibility index (Phi) is 5.11. The summed E-state index contributed by atoms with van der Waals surface area (Å²) in [6.07, 6.45) is 0. The summed E-state index contributed by atoms with van der Waals surface area (Å²) in [7, 11) is 0. The highest BCUT2D eigenvalue weighted by atomic mass is 16.5. The van der Waals surface area contributed by atoms with E-state index in [0.29, 0.717) is 49.3 Å². The van der Waals surface area contributed by atoms with E-state index in [1.54, 1.807) is 11.0 Å². The van der Waals surface area contributed by atoms with Crippen LogP contribution < -0.4 is 4.74 Å². The lowest BCUT2D eigenvalue weighted by Crippen LogP contribution is -2.43. The van der Waals surface area contributed by atoms with Gasteiger partial charge in [-0.3, -0.25) is 4.79 Å². The maximum absolute atomic E-state index is 12.3. The zero-order valence-corrected chi connectivity index (χ0v) is 14.7. The Hall–Kier alpha value is -3.19. The molecule has 138 valence electrons. The fourth-order valence-electron chi connectivity index (χ4n) is 2.85. The lowest BCUT2D eigenvalue weighted by Gasteiger charge is -2.26. The highest BCUT2D eigenvalue weighted by molar-refractivity contribution is 5.78. The molecule has 1 amide bonds. The predicted molar refractivity (Wildman–Crippen MR) is 98.1 cm³/mol. The summed E-state index contributed by atoms with van der Waals surface area (Å²) in [5.41, 5.74) is 1.52. The average Bonchev–Trinajstić information content (AvgIpc) is 3.23. The maximum atomic E-state index is 12.3. The van der Waals surface area contributed by atoms with Gasteiger partial charge >= 0.3 is 0 Å². The minimum Gasteiger partial charge on any atom is -0.483 e. The third kappa shape index (κ3) is 3.98. The van der Waals surface area contributed by atoms with Crippen molar-refractivity contribution in [1.29, 1.82) is 0 Å². The number of ether oxygens (including phenoxy) is 2. The number of carbonyl (C=O) groups is 1. The summed E-state index contributed by atoms with van der Waals surface area (Å²) in [4.78, 5) is 18.5. The van der Waals surface area contributed by atoms with E-state index >= 15 is 0 Å². The van der Waals surface area contributed by atoms with Crippen molar-refractivity contribution < 1.29 is 18.8 Å². The first kappa shape index (κ1) is 17.2. The zero-order valence-electron chi connectivity index (χ0n) is 14.7. The molecule has 0 N–H and O–H groups in total. The molecule has 1 saturated heterocycles. The molecule has 1 aliphatic rings. The van der Waals surface area contributed by atoms with Crippen LogP contribution in [0.4, 0.5) is 0 Å². The average molecular weight is 365 g/mol. The number of para-hydroxylation sites is 1. The van der Waals surface area contributed by atoms with Crippen molar-refractivity contribution >= 4 is 5.91 Å². The van der Waals surface area contributed by atoms with Gasteiger partial charge in [0, 0.05) is 18.7 Å². The van der Waals surface area contributed by atoms with E-state index in [1.807, 2.05) is 48.5 Å². The number of hydrogen-bond acceptors (Lipinski definition) is 6. The Morgan fingerprint density at radius 1 is 1.04 bits per heavy atom. The van der Waals surface area contributed by atoms with E-state index in [2.05, 4.69) is 10.1 Å². The van der Waals surface area contributed by atoms with Gasteiger partial charge in [0.25, 0.3) is 11.8 Å². The molecule has 2 aromatic carbocycles. The first-order valence-electron chi connectivity index (χ1n) is 8.78. The van der Waals surface area contributed by atoms with Crippen molar-refractivity contribution in [1.82, 2.24) is 15.0 Å². The van der Waals surface area contributed by atoms with Crippen molar-refractivity contribution in [2.24, 2.45) is 0 Å². The van der Waals surface area contributed by atoms with Gasteiger partial charge in [-0.25, -0.2) is 0 Å². The molecular formula is C20H19N3O4. The van der Waals surface area contributed by atoms with Gasteiger partial charge in [0.1, 0.15) is 5.75 Å². The molecule has 1 aromatic heterocycles. The molecule has 4 rings (SSSR count). The lowest BCUT2D eigenvalue weighted by atomic mass is 10.2. The van der Waals surface area contributed by atoms with Crippen molar-refractivity contribution in [2.45, 2.75) is 0 Å². The molecule has 1 fully saturated rings. The van der Waals surface area contributed by atoms with Crippen LogP contribution >= 0.6 is 0 Å². The van der Waals surface area contributed by atoms with Crippen LogP contribution in [0.15, 0.2) is 59.1 Å². The number of benzene rings is 2. The quantitative estimate of drug-likeness (QED) is 0.692. The number of hydrogen-bond donors (Lipinski definition) is 0. The summed E-state index contributed by atoms with van der Waals surface area (Å²) < 4.78 is 16.4. The molecule has 0 spiro atoms. The minimum absolute atomic E-state index is 0.0413. The molecular weight excluding hydrogens is 346 g/mol. The number of rotatable bonds is 5. The van der Waals surface area contributed by atoms with E-state index in [1.165, 1.54) is 0 Å². The Morgan fingerprint density at radius 2 is 1.78 bits per heavy atom. The van der Waals surface area contributed by atoms with Crippen LogP contribution in [0.3, 0.4) is 0 Å². The summed E-state index contributed by atoms with van der Waals surface area (Å²) in [5, 5.41) is 4.06. The topological polar surface area (TPSA) is 77.7 Å². The fourth-order valence-corrected chi connectivity index (χ4v) is 2.85. The summed E-state index contributed by atoms with van der Waals surface area (Å²) in [6.45, 7) is 2.27. The van der Waals surface area contributed by atoms with Crippen LogP contribution in [-0.2, 0) is 9.53 Å². The van der Waals surface area contributed by atoms with Gasteiger partial charge in [-0.2, -0.15) is 4.98 Å². The molecule has 7 nitrogen and oxygen atoms in total. The number of aromatic nitrogens is 2. The predicted octanol–water partition coefficient (Wildman–Crippen LogP) is 2.64. The molecule has 0 bridgehead atoms. The van der Waals surface area contributed by atoms with E-state index in [4.69, 9.17) is 14.0 Å². The maximum Gasteiger partial charge on any atom is 0.260 e. The van der Waals surface area contributed by atoms with Gasteiger partial charge in [-0.1, -0.05) is 35.5 Å². The van der Waals surface area contributed by atoms with Gasteiger partial charge in [-0.05, 0) is 24.3 Å². The highest BCUT2D eigenvalue weighted by Gasteiger charge is 2.19. The van der Waals surface area contributed by atoms with Crippen LogP contribution in [0.1, 0.15) is 0 Å². The number of nitrogens with zero attached hydrogens (tertiary/aromatic N) is 3. The van der Waals surface area contributed by atoms with Crippen LogP contribution in [0.25, 0.3) is 22.8 Å². The molecule has 0 radical (unpaired) electrons. The monoisotopic (exact) mass is 365 g/mol. The Morgan fingerprint density at radius 3 is 2.59 bits per heavy atom. The van der Waals surface area contributed by atoms with Crippen molar-refractivity contribution in [3.8, 4) is 28.6 Å². The normalized spacial score (nSPS) is 14.1. The Balaban J connectivity index is 1.50. The third-order valence-electron chi connectivity index (χ3n) is 4.29. The van der Waals surface area contributed by atoms with Crippen LogP contribution in [0.2, 0.25) is 0 Å². The van der Waals surface area contributed by atoms with Crippen LogP contribution in [0.5, 0.6) is 5.75 Å². The van der Waals surface area contributed by atoms with Crippen molar-refractivity contribution in [3.63, 3.8) is 0 Å². The van der Waals surface area contributed by atoms with Crippen molar-refractivity contribution in [3.05, 3.63) is 54.6 Å². The molecule has 0 unspecified atom stereocenters. The molecule has 0 aliphatic carbocycles. The Bertz CT molecular complexity index is 904. The van der Waals surface area contributed by atoms with Crippen molar-refractivity contribution in [2.75, 3.05) is 32.9 Å². The van der Waals surface area contributed by atoms with E-state index < -0.39 is 0 Å². The molecule has 7 heteroatoms. The molecule has 2 heterocycles. The van der Waals surface area contributed by atoms with Gasteiger partial charge in [0.15, 0.2) is 6.61 Å². The standard InChI is InChI=1S/C20H19N3O4/c24-18(23-10-12-25-13-11-23)14-26-17-9-5-4-8-16(17)19-21-20(27-22-19)15-6-2-1-3-7-15/h1-9H,10-14H2. The largest absolute Gasteiger partial charge is 0.483 e. The van der Waals surface area contributed by atoms with Gasteiger partial charge in [0.05, 0.1) is 18.8 Å². The Labute approximate surface area is 156 Å². The summed E-state index contributed by atoms with van der Waals surface area (Å²) in [6, 6.07) is 16.9. The van der Waals surface area contributed by atoms with Gasteiger partial charge in [0.2, 0.25) is 5.82 Å².